The number of hydrogen-bond acceptors (Lipinski definition) is 7. The van der Waals surface area contributed by atoms with Gasteiger partial charge in [-0.15, -0.1) is 0 Å². The highest BCUT2D eigenvalue weighted by Gasteiger charge is 2.74. The zero-order valence-corrected chi connectivity index (χ0v) is 28.7. The lowest BCUT2D eigenvalue weighted by molar-refractivity contribution is -0.412. The Balaban J connectivity index is 1.34. The summed E-state index contributed by atoms with van der Waals surface area (Å²) in [5, 5.41) is 20.8. The summed E-state index contributed by atoms with van der Waals surface area (Å²) in [4.78, 5) is 13.5. The molecule has 50 heavy (non-hydrogen) atoms. The molecule has 5 fully saturated rings. The number of halogens is 9. The molecule has 16 heteroatoms. The molecule has 5 rings (SSSR count). The van der Waals surface area contributed by atoms with Crippen molar-refractivity contribution in [2.24, 2.45) is 46.8 Å². The van der Waals surface area contributed by atoms with Crippen molar-refractivity contribution in [1.29, 1.82) is 0 Å². The third-order valence-electron chi connectivity index (χ3n) is 12.8. The Bertz CT molecular complexity index is 1200. The van der Waals surface area contributed by atoms with Crippen molar-refractivity contribution in [1.82, 2.24) is 0 Å². The van der Waals surface area contributed by atoms with Crippen LogP contribution in [0.1, 0.15) is 91.9 Å². The number of rotatable bonds is 11. The van der Waals surface area contributed by atoms with Crippen LogP contribution < -0.4 is 0 Å². The minimum atomic E-state index is -5.84. The Morgan fingerprint density at radius 2 is 1.60 bits per heavy atom. The van der Waals surface area contributed by atoms with Crippen LogP contribution in [0.5, 0.6) is 0 Å². The van der Waals surface area contributed by atoms with Gasteiger partial charge in [0.2, 0.25) is 0 Å². The van der Waals surface area contributed by atoms with E-state index in [1.165, 1.54) is 6.92 Å². The summed E-state index contributed by atoms with van der Waals surface area (Å²) in [6, 6.07) is 0. The first kappa shape index (κ1) is 39.8. The molecule has 0 spiro atoms. The summed E-state index contributed by atoms with van der Waals surface area (Å²) >= 11 is 0. The van der Waals surface area contributed by atoms with Crippen LogP contribution in [0.2, 0.25) is 0 Å². The fourth-order valence-electron chi connectivity index (χ4n) is 10.0. The van der Waals surface area contributed by atoms with Crippen LogP contribution in [0.4, 0.5) is 39.5 Å². The van der Waals surface area contributed by atoms with Gasteiger partial charge in [0.05, 0.1) is 17.8 Å². The van der Waals surface area contributed by atoms with Gasteiger partial charge in [0.15, 0.2) is 11.7 Å². The van der Waals surface area contributed by atoms with Crippen LogP contribution >= 0.6 is 0 Å². The van der Waals surface area contributed by atoms with Crippen LogP contribution in [0, 0.1) is 46.8 Å². The Kier molecular flexibility index (Phi) is 11.0. The first-order valence-electron chi connectivity index (χ1n) is 17.7. The molecular formula is C34H49F9O7. The maximum absolute atomic E-state index is 14.8. The van der Waals surface area contributed by atoms with Crippen molar-refractivity contribution in [3.63, 3.8) is 0 Å². The zero-order valence-electron chi connectivity index (χ0n) is 28.7. The van der Waals surface area contributed by atoms with Gasteiger partial charge in [-0.25, -0.2) is 0 Å². The molecule has 1 saturated heterocycles. The van der Waals surface area contributed by atoms with Crippen LogP contribution in [0.15, 0.2) is 0 Å². The lowest BCUT2D eigenvalue weighted by atomic mass is 9.62. The molecule has 4 saturated carbocycles. The standard InChI is InChI=1S/C34H49F9O7/c1-5-47-18(3)50-31(33(38,39)40,34(41,42)43)14-21-10-20-11-24(21)27-23(20)9-17(2)26(48-27)15-29(4,32(35,36)37)28(45)49-25-12-22(16-44)30(46)8-6-7-19(25)13-30/h17-27,44,46H,5-16H2,1-4H3. The number of aliphatic hydroxyl groups is 2. The molecular weight excluding hydrogens is 691 g/mol. The number of aliphatic hydroxyl groups excluding tert-OH is 1. The van der Waals surface area contributed by atoms with Gasteiger partial charge in [0, 0.05) is 19.1 Å². The maximum Gasteiger partial charge on any atom is 0.426 e. The number of hydrogen-bond donors (Lipinski definition) is 2. The smallest absolute Gasteiger partial charge is 0.426 e. The maximum atomic E-state index is 14.8. The molecule has 0 radical (unpaired) electrons. The van der Waals surface area contributed by atoms with Gasteiger partial charge in [0.25, 0.3) is 5.60 Å². The van der Waals surface area contributed by atoms with Crippen LogP contribution in [-0.4, -0.2) is 83.7 Å². The van der Waals surface area contributed by atoms with Gasteiger partial charge in [0.1, 0.15) is 6.10 Å². The highest BCUT2D eigenvalue weighted by Crippen LogP contribution is 2.62. The molecule has 0 aromatic carbocycles. The van der Waals surface area contributed by atoms with E-state index in [0.717, 1.165) is 13.8 Å². The van der Waals surface area contributed by atoms with Gasteiger partial charge in [-0.1, -0.05) is 13.3 Å². The first-order chi connectivity index (χ1) is 23.0. The number of fused-ring (bicyclic) bond motifs is 7. The van der Waals surface area contributed by atoms with E-state index in [0.29, 0.717) is 25.7 Å². The molecule has 0 aromatic heterocycles. The van der Waals surface area contributed by atoms with E-state index < -0.39 is 109 Å². The summed E-state index contributed by atoms with van der Waals surface area (Å²) in [7, 11) is 0. The molecule has 7 nitrogen and oxygen atoms in total. The van der Waals surface area contributed by atoms with Crippen molar-refractivity contribution >= 4 is 5.97 Å². The second-order valence-electron chi connectivity index (χ2n) is 15.9. The number of esters is 1. The van der Waals surface area contributed by atoms with E-state index in [2.05, 4.69) is 4.74 Å². The van der Waals surface area contributed by atoms with Crippen molar-refractivity contribution in [2.75, 3.05) is 13.2 Å². The second-order valence-corrected chi connectivity index (χ2v) is 15.9. The largest absolute Gasteiger partial charge is 0.461 e. The molecule has 4 aliphatic carbocycles. The summed E-state index contributed by atoms with van der Waals surface area (Å²) in [5.41, 5.74) is -8.75. The third-order valence-corrected chi connectivity index (χ3v) is 12.8. The summed E-state index contributed by atoms with van der Waals surface area (Å²) in [5.74, 6) is -5.54. The quantitative estimate of drug-likeness (QED) is 0.129. The highest BCUT2D eigenvalue weighted by atomic mass is 19.4. The molecule has 13 atom stereocenters. The summed E-state index contributed by atoms with van der Waals surface area (Å²) in [6.45, 7) is 4.15. The van der Waals surface area contributed by atoms with Gasteiger partial charge in [-0.2, -0.15) is 39.5 Å². The highest BCUT2D eigenvalue weighted by molar-refractivity contribution is 5.77. The van der Waals surface area contributed by atoms with Crippen LogP contribution in [0.3, 0.4) is 0 Å². The SMILES string of the molecule is CCOC(C)OC(CC1CC2CC1C1OC(CC(C)(C(=O)OC3CC(CO)C4(O)CCCC3C4)C(F)(F)F)C(C)CC21)(C(F)(F)F)C(F)(F)F. The van der Waals surface area contributed by atoms with E-state index in [4.69, 9.17) is 14.2 Å². The van der Waals surface area contributed by atoms with Crippen molar-refractivity contribution < 1.29 is 73.5 Å². The van der Waals surface area contributed by atoms with E-state index in [1.807, 2.05) is 0 Å². The van der Waals surface area contributed by atoms with Gasteiger partial charge in [-0.05, 0) is 114 Å². The fraction of sp³-hybridized carbons (Fsp3) is 0.971. The van der Waals surface area contributed by atoms with Crippen molar-refractivity contribution in [3.8, 4) is 0 Å². The first-order valence-corrected chi connectivity index (χ1v) is 17.7. The average molecular weight is 741 g/mol. The third kappa shape index (κ3) is 7.02. The zero-order chi connectivity index (χ0) is 37.2. The molecule has 1 heterocycles. The molecule has 1 aliphatic heterocycles. The number of carbonyl (C=O) groups excluding carboxylic acids is 1. The van der Waals surface area contributed by atoms with Crippen LogP contribution in [-0.2, 0) is 23.7 Å². The number of carbonyl (C=O) groups is 1. The molecule has 0 aromatic rings. The lowest BCUT2D eigenvalue weighted by Crippen LogP contribution is -2.61. The van der Waals surface area contributed by atoms with E-state index in [9.17, 15) is 54.5 Å². The fourth-order valence-corrected chi connectivity index (χ4v) is 10.0. The Morgan fingerprint density at radius 1 is 0.940 bits per heavy atom. The molecule has 5 aliphatic rings. The average Bonchev–Trinajstić information content (AvgIpc) is 3.55. The molecule has 4 bridgehead atoms. The predicted octanol–water partition coefficient (Wildman–Crippen LogP) is 7.51. The normalized spacial score (nSPS) is 39.5. The Hall–Kier alpha value is -1.36. The van der Waals surface area contributed by atoms with Crippen molar-refractivity contribution in [2.45, 2.75) is 146 Å². The Labute approximate surface area is 285 Å². The molecule has 290 valence electrons. The monoisotopic (exact) mass is 740 g/mol. The number of ether oxygens (including phenoxy) is 4. The topological polar surface area (TPSA) is 94.5 Å². The predicted molar refractivity (Wildman–Crippen MR) is 158 cm³/mol. The minimum absolute atomic E-state index is 0.00624. The van der Waals surface area contributed by atoms with E-state index in [1.54, 1.807) is 6.92 Å². The molecule has 13 unspecified atom stereocenters. The van der Waals surface area contributed by atoms with Gasteiger partial charge >= 0.3 is 24.5 Å². The second kappa shape index (κ2) is 13.8. The lowest BCUT2D eigenvalue weighted by Gasteiger charge is -2.50. The minimum Gasteiger partial charge on any atom is -0.461 e. The van der Waals surface area contributed by atoms with E-state index >= 15 is 0 Å². The molecule has 2 N–H and O–H groups in total. The number of alkyl halides is 9. The van der Waals surface area contributed by atoms with Crippen molar-refractivity contribution in [3.05, 3.63) is 0 Å². The van der Waals surface area contributed by atoms with Crippen LogP contribution in [0.25, 0.3) is 0 Å². The Morgan fingerprint density at radius 3 is 2.18 bits per heavy atom. The van der Waals surface area contributed by atoms with E-state index in [-0.39, 0.29) is 50.0 Å². The van der Waals surface area contributed by atoms with Gasteiger partial charge in [-0.3, -0.25) is 4.79 Å². The van der Waals surface area contributed by atoms with Gasteiger partial charge < -0.3 is 29.2 Å². The summed E-state index contributed by atoms with van der Waals surface area (Å²) in [6.07, 6.45) is -21.5. The molecule has 0 amide bonds. The summed E-state index contributed by atoms with van der Waals surface area (Å²) < 4.78 is 152.